The van der Waals surface area contributed by atoms with Gasteiger partial charge in [-0.3, -0.25) is 9.36 Å². The third kappa shape index (κ3) is 7.68. The number of benzene rings is 4. The van der Waals surface area contributed by atoms with E-state index < -0.39 is 32.8 Å². The first kappa shape index (κ1) is 36.5. The average molecular weight is 700 g/mol. The van der Waals surface area contributed by atoms with Crippen molar-refractivity contribution in [1.29, 1.82) is 0 Å². The molecule has 1 aromatic heterocycles. The van der Waals surface area contributed by atoms with Gasteiger partial charge in [0.05, 0.1) is 24.2 Å². The molecule has 49 heavy (non-hydrogen) atoms. The minimum absolute atomic E-state index is 0.0475. The van der Waals surface area contributed by atoms with Gasteiger partial charge < -0.3 is 18.6 Å². The lowest BCUT2D eigenvalue weighted by Crippen LogP contribution is -2.68. The van der Waals surface area contributed by atoms with Gasteiger partial charge in [0.1, 0.15) is 5.82 Å². The second-order valence-corrected chi connectivity index (χ2v) is 21.1. The minimum atomic E-state index is -3.45. The smallest absolute Gasteiger partial charge is 0.305 e. The number of hydrogen-bond donors (Lipinski definition) is 1. The number of hydrogen-bond acceptors (Lipinski definition) is 4. The molecular formula is C40H47FNO5PSi. The van der Waals surface area contributed by atoms with Crippen LogP contribution in [0.15, 0.2) is 109 Å². The van der Waals surface area contributed by atoms with Crippen molar-refractivity contribution in [2.24, 2.45) is 0 Å². The van der Waals surface area contributed by atoms with Gasteiger partial charge in [-0.2, -0.15) is 0 Å². The fourth-order valence-corrected chi connectivity index (χ4v) is 13.9. The zero-order chi connectivity index (χ0) is 35.4. The van der Waals surface area contributed by atoms with Crippen LogP contribution in [-0.4, -0.2) is 49.5 Å². The van der Waals surface area contributed by atoms with Crippen LogP contribution in [0.4, 0.5) is 4.39 Å². The zero-order valence-corrected chi connectivity index (χ0v) is 31.1. The van der Waals surface area contributed by atoms with E-state index in [0.717, 1.165) is 38.2 Å². The fraction of sp³-hybridized carbons (Fsp3) is 0.325. The van der Waals surface area contributed by atoms with E-state index >= 15 is 0 Å². The molecule has 0 aliphatic carbocycles. The molecule has 0 amide bonds. The van der Waals surface area contributed by atoms with Crippen LogP contribution in [0.3, 0.4) is 0 Å². The lowest BCUT2D eigenvalue weighted by Gasteiger charge is -2.45. The van der Waals surface area contributed by atoms with Crippen LogP contribution in [0.1, 0.15) is 58.2 Å². The van der Waals surface area contributed by atoms with E-state index in [9.17, 15) is 18.9 Å². The molecular weight excluding hydrogens is 652 g/mol. The van der Waals surface area contributed by atoms with E-state index in [1.54, 1.807) is 12.1 Å². The fourth-order valence-electron chi connectivity index (χ4n) is 7.22. The molecule has 2 atom stereocenters. The maximum absolute atomic E-state index is 14.8. The number of nitrogens with zero attached hydrogens (tertiary/aromatic N) is 1. The van der Waals surface area contributed by atoms with Crippen LogP contribution in [-0.2, 0) is 24.7 Å². The molecule has 258 valence electrons. The van der Waals surface area contributed by atoms with Crippen molar-refractivity contribution in [1.82, 2.24) is 4.57 Å². The van der Waals surface area contributed by atoms with Gasteiger partial charge in [-0.25, -0.2) is 4.39 Å². The van der Waals surface area contributed by atoms with Crippen molar-refractivity contribution in [3.05, 3.63) is 126 Å². The average Bonchev–Trinajstić information content (AvgIpc) is 3.41. The molecule has 0 spiro atoms. The summed E-state index contributed by atoms with van der Waals surface area (Å²) in [5.74, 6) is -1.19. The topological polar surface area (TPSA) is 77.8 Å². The van der Waals surface area contributed by atoms with Crippen LogP contribution >= 0.6 is 7.37 Å². The van der Waals surface area contributed by atoms with Gasteiger partial charge in [0, 0.05) is 30.0 Å². The van der Waals surface area contributed by atoms with E-state index in [2.05, 4.69) is 69.5 Å². The quantitative estimate of drug-likeness (QED) is 0.0927. The highest BCUT2D eigenvalue weighted by molar-refractivity contribution is 7.59. The van der Waals surface area contributed by atoms with Gasteiger partial charge in [0.25, 0.3) is 8.32 Å². The Labute approximate surface area is 290 Å². The van der Waals surface area contributed by atoms with Gasteiger partial charge >= 0.3 is 5.97 Å². The molecule has 0 saturated heterocycles. The normalized spacial score (nSPS) is 14.2. The summed E-state index contributed by atoms with van der Waals surface area (Å²) in [5, 5.41) is 12.9. The van der Waals surface area contributed by atoms with Crippen molar-refractivity contribution in [3.63, 3.8) is 0 Å². The van der Waals surface area contributed by atoms with Gasteiger partial charge in [-0.05, 0) is 63.6 Å². The van der Waals surface area contributed by atoms with Crippen LogP contribution in [0, 0.1) is 5.82 Å². The Morgan fingerprint density at radius 1 is 0.878 bits per heavy atom. The minimum Gasteiger partial charge on any atom is -0.481 e. The standard InChI is InChI=1S/C40H47FNO5PSi/c1-29(2)39-35-19-13-14-20-36(35)42(31-23-21-30(41)22-24-31)37(39)25-26-48(45,46-6)28-32(27-38(43)44)47-49(40(3,4)5,33-15-9-7-10-16-33)34-17-11-8-12-18-34/h7-24,29,32H,25-28H2,1-6H3,(H,43,44)/t32-,48?/m0/s1. The van der Waals surface area contributed by atoms with Crippen LogP contribution in [0.25, 0.3) is 16.6 Å². The summed E-state index contributed by atoms with van der Waals surface area (Å²) in [7, 11) is -5.16. The summed E-state index contributed by atoms with van der Waals surface area (Å²) < 4.78 is 44.0. The number of fused-ring (bicyclic) bond motifs is 1. The number of carbonyl (C=O) groups is 1. The van der Waals surface area contributed by atoms with Crippen LogP contribution in [0.5, 0.6) is 0 Å². The summed E-state index contributed by atoms with van der Waals surface area (Å²) in [5.41, 5.74) is 3.90. The van der Waals surface area contributed by atoms with Crippen molar-refractivity contribution in [3.8, 4) is 5.69 Å². The van der Waals surface area contributed by atoms with Gasteiger partial charge in [0.2, 0.25) is 7.37 Å². The highest BCUT2D eigenvalue weighted by Gasteiger charge is 2.52. The summed E-state index contributed by atoms with van der Waals surface area (Å²) in [6.45, 7) is 10.7. The maximum Gasteiger partial charge on any atom is 0.305 e. The lowest BCUT2D eigenvalue weighted by atomic mass is 9.98. The molecule has 0 radical (unpaired) electrons. The number of aromatic nitrogens is 1. The summed E-state index contributed by atoms with van der Waals surface area (Å²) >= 11 is 0. The van der Waals surface area contributed by atoms with Crippen LogP contribution in [0.2, 0.25) is 5.04 Å². The molecule has 0 fully saturated rings. The van der Waals surface area contributed by atoms with E-state index in [1.165, 1.54) is 19.2 Å². The Kier molecular flexibility index (Phi) is 11.1. The van der Waals surface area contributed by atoms with E-state index in [4.69, 9.17) is 8.95 Å². The Morgan fingerprint density at radius 3 is 1.94 bits per heavy atom. The molecule has 0 aliphatic rings. The summed E-state index contributed by atoms with van der Waals surface area (Å²) in [4.78, 5) is 12.4. The first-order valence-corrected chi connectivity index (χ1v) is 20.7. The van der Waals surface area contributed by atoms with Gasteiger partial charge in [-0.15, -0.1) is 0 Å². The summed E-state index contributed by atoms with van der Waals surface area (Å²) in [6, 6.07) is 34.6. The molecule has 6 nitrogen and oxygen atoms in total. The molecule has 9 heteroatoms. The molecule has 5 rings (SSSR count). The monoisotopic (exact) mass is 699 g/mol. The second-order valence-electron chi connectivity index (χ2n) is 14.0. The van der Waals surface area contributed by atoms with Gasteiger partial charge in [0.15, 0.2) is 0 Å². The Morgan fingerprint density at radius 2 is 1.43 bits per heavy atom. The van der Waals surface area contributed by atoms with Crippen molar-refractivity contribution < 1.29 is 27.8 Å². The molecule has 4 aromatic carbocycles. The highest BCUT2D eigenvalue weighted by atomic mass is 31.2. The molecule has 0 saturated carbocycles. The predicted molar refractivity (Wildman–Crippen MR) is 200 cm³/mol. The molecule has 1 N–H and O–H groups in total. The van der Waals surface area contributed by atoms with E-state index in [0.29, 0.717) is 6.42 Å². The Hall–Kier alpha value is -3.81. The molecule has 0 bridgehead atoms. The molecule has 5 aromatic rings. The van der Waals surface area contributed by atoms with Gasteiger partial charge in [-0.1, -0.05) is 113 Å². The largest absolute Gasteiger partial charge is 0.481 e. The number of halogens is 1. The maximum atomic E-state index is 14.8. The Balaban J connectivity index is 1.56. The third-order valence-corrected chi connectivity index (χ3v) is 17.0. The number of carboxylic acid groups (broad SMARTS) is 1. The second kappa shape index (κ2) is 15.0. The SMILES string of the molecule is COP(=O)(CCc1c(C(C)C)c2ccccc2n1-c1ccc(F)cc1)C[C@H](CC(=O)O)O[Si](c1ccccc1)(c1ccccc1)C(C)(C)C. The molecule has 1 heterocycles. The number of aliphatic carboxylic acids is 1. The highest BCUT2D eigenvalue weighted by Crippen LogP contribution is 2.50. The lowest BCUT2D eigenvalue weighted by molar-refractivity contribution is -0.138. The van der Waals surface area contributed by atoms with Crippen molar-refractivity contribution in [2.75, 3.05) is 19.4 Å². The zero-order valence-electron chi connectivity index (χ0n) is 29.2. The summed E-state index contributed by atoms with van der Waals surface area (Å²) in [6.07, 6.45) is -0.647. The molecule has 1 unspecified atom stereocenters. The first-order valence-electron chi connectivity index (χ1n) is 16.8. The number of para-hydroxylation sites is 1. The number of rotatable bonds is 14. The van der Waals surface area contributed by atoms with Crippen molar-refractivity contribution >= 4 is 42.9 Å². The predicted octanol–water partition coefficient (Wildman–Crippen LogP) is 8.78. The number of carboxylic acids is 1. The first-order chi connectivity index (χ1) is 23.3. The van der Waals surface area contributed by atoms with Crippen LogP contribution < -0.4 is 10.4 Å². The van der Waals surface area contributed by atoms with E-state index in [1.807, 2.05) is 54.6 Å². The Bertz CT molecular complexity index is 1880. The third-order valence-electron chi connectivity index (χ3n) is 9.34. The van der Waals surface area contributed by atoms with Crippen molar-refractivity contribution in [2.45, 2.75) is 64.5 Å². The van der Waals surface area contributed by atoms with E-state index in [-0.39, 0.29) is 30.5 Å². The molecule has 0 aliphatic heterocycles.